The molecule has 0 radical (unpaired) electrons. The fourth-order valence-electron chi connectivity index (χ4n) is 2.27. The van der Waals surface area contributed by atoms with Crippen LogP contribution >= 0.6 is 0 Å². The van der Waals surface area contributed by atoms with Crippen molar-refractivity contribution in [3.63, 3.8) is 0 Å². The monoisotopic (exact) mass is 318 g/mol. The normalized spacial score (nSPS) is 11.4. The summed E-state index contributed by atoms with van der Waals surface area (Å²) in [5.74, 6) is 0. The van der Waals surface area contributed by atoms with Crippen LogP contribution in [0, 0.1) is 0 Å². The van der Waals surface area contributed by atoms with Gasteiger partial charge in [-0.05, 0) is 43.7 Å². The van der Waals surface area contributed by atoms with Crippen molar-refractivity contribution in [2.45, 2.75) is 25.3 Å². The Labute approximate surface area is 132 Å². The van der Waals surface area contributed by atoms with E-state index in [2.05, 4.69) is 23.5 Å². The molecule has 2 rings (SSSR count). The smallest absolute Gasteiger partial charge is 0.240 e. The van der Waals surface area contributed by atoms with E-state index >= 15 is 0 Å². The highest BCUT2D eigenvalue weighted by molar-refractivity contribution is 7.89. The molecule has 2 aromatic rings. The predicted octanol–water partition coefficient (Wildman–Crippen LogP) is 3.01. The number of nitrogens with one attached hydrogen (secondary N) is 1. The van der Waals surface area contributed by atoms with Crippen molar-refractivity contribution in [1.29, 1.82) is 0 Å². The Morgan fingerprint density at radius 3 is 2.05 bits per heavy atom. The summed E-state index contributed by atoms with van der Waals surface area (Å²) >= 11 is 0. The summed E-state index contributed by atoms with van der Waals surface area (Å²) in [5, 5.41) is 0. The number of hydrogen-bond acceptors (Lipinski definition) is 3. The molecule has 118 valence electrons. The van der Waals surface area contributed by atoms with E-state index in [1.807, 2.05) is 24.3 Å². The third-order valence-electron chi connectivity index (χ3n) is 3.58. The first-order chi connectivity index (χ1) is 10.6. The van der Waals surface area contributed by atoms with Crippen LogP contribution in [0.3, 0.4) is 0 Å². The Bertz CT molecular complexity index is 678. The first-order valence-corrected chi connectivity index (χ1v) is 8.93. The van der Waals surface area contributed by atoms with Crippen molar-refractivity contribution >= 4 is 15.7 Å². The van der Waals surface area contributed by atoms with Gasteiger partial charge in [0.25, 0.3) is 0 Å². The maximum Gasteiger partial charge on any atom is 0.240 e. The van der Waals surface area contributed by atoms with E-state index in [-0.39, 0.29) is 11.4 Å². The summed E-state index contributed by atoms with van der Waals surface area (Å²) in [6.07, 6.45) is 0. The molecule has 0 saturated carbocycles. The van der Waals surface area contributed by atoms with Gasteiger partial charge in [0, 0.05) is 25.3 Å². The molecule has 0 fully saturated rings. The van der Waals surface area contributed by atoms with Crippen LogP contribution in [-0.2, 0) is 16.6 Å². The van der Waals surface area contributed by atoms with Gasteiger partial charge in [0.2, 0.25) is 10.0 Å². The fraction of sp³-hybridized carbons (Fsp3) is 0.294. The maximum absolute atomic E-state index is 12.2. The SMILES string of the molecule is CCN(CC)c1ccc(CNS(=O)(=O)c2ccccc2)cc1. The quantitative estimate of drug-likeness (QED) is 0.854. The largest absolute Gasteiger partial charge is 0.372 e. The molecule has 0 aliphatic rings. The Hall–Kier alpha value is -1.85. The van der Waals surface area contributed by atoms with Crippen LogP contribution in [0.25, 0.3) is 0 Å². The minimum Gasteiger partial charge on any atom is -0.372 e. The van der Waals surface area contributed by atoms with E-state index in [9.17, 15) is 8.42 Å². The highest BCUT2D eigenvalue weighted by atomic mass is 32.2. The summed E-state index contributed by atoms with van der Waals surface area (Å²) in [6.45, 7) is 6.43. The lowest BCUT2D eigenvalue weighted by atomic mass is 10.2. The van der Waals surface area contributed by atoms with Crippen LogP contribution in [0.15, 0.2) is 59.5 Å². The highest BCUT2D eigenvalue weighted by Crippen LogP contribution is 2.15. The summed E-state index contributed by atoms with van der Waals surface area (Å²) in [5.41, 5.74) is 2.09. The molecule has 22 heavy (non-hydrogen) atoms. The van der Waals surface area contributed by atoms with Gasteiger partial charge in [0.05, 0.1) is 4.90 Å². The van der Waals surface area contributed by atoms with Crippen molar-refractivity contribution in [1.82, 2.24) is 4.72 Å². The first kappa shape index (κ1) is 16.5. The molecule has 0 bridgehead atoms. The van der Waals surface area contributed by atoms with Crippen molar-refractivity contribution < 1.29 is 8.42 Å². The Morgan fingerprint density at radius 1 is 0.909 bits per heavy atom. The molecule has 1 N–H and O–H groups in total. The van der Waals surface area contributed by atoms with Crippen molar-refractivity contribution in [3.05, 3.63) is 60.2 Å². The second-order valence-electron chi connectivity index (χ2n) is 4.98. The van der Waals surface area contributed by atoms with Crippen LogP contribution in [-0.4, -0.2) is 21.5 Å². The minimum atomic E-state index is -3.45. The second-order valence-corrected chi connectivity index (χ2v) is 6.74. The summed E-state index contributed by atoms with van der Waals surface area (Å²) in [4.78, 5) is 2.53. The highest BCUT2D eigenvalue weighted by Gasteiger charge is 2.12. The van der Waals surface area contributed by atoms with E-state index in [0.717, 1.165) is 24.3 Å². The molecule has 2 aromatic carbocycles. The third-order valence-corrected chi connectivity index (χ3v) is 5.00. The molecule has 0 amide bonds. The van der Waals surface area contributed by atoms with Gasteiger partial charge < -0.3 is 4.90 Å². The zero-order valence-corrected chi connectivity index (χ0v) is 13.8. The molecular weight excluding hydrogens is 296 g/mol. The van der Waals surface area contributed by atoms with Gasteiger partial charge in [-0.1, -0.05) is 30.3 Å². The number of benzene rings is 2. The molecular formula is C17H22N2O2S. The van der Waals surface area contributed by atoms with Crippen LogP contribution in [0.1, 0.15) is 19.4 Å². The third kappa shape index (κ3) is 4.08. The molecule has 0 unspecified atom stereocenters. The molecule has 4 nitrogen and oxygen atoms in total. The Kier molecular flexibility index (Phi) is 5.57. The van der Waals surface area contributed by atoms with Gasteiger partial charge in [-0.3, -0.25) is 0 Å². The van der Waals surface area contributed by atoms with Crippen molar-refractivity contribution in [3.8, 4) is 0 Å². The average Bonchev–Trinajstić information content (AvgIpc) is 2.56. The van der Waals surface area contributed by atoms with Crippen molar-refractivity contribution in [2.24, 2.45) is 0 Å². The molecule has 0 saturated heterocycles. The van der Waals surface area contributed by atoms with Crippen LogP contribution < -0.4 is 9.62 Å². The molecule has 0 aliphatic carbocycles. The Morgan fingerprint density at radius 2 is 1.50 bits per heavy atom. The number of anilines is 1. The van der Waals surface area contributed by atoms with E-state index in [4.69, 9.17) is 0 Å². The Balaban J connectivity index is 2.03. The zero-order valence-electron chi connectivity index (χ0n) is 13.0. The number of nitrogens with zero attached hydrogens (tertiary/aromatic N) is 1. The number of sulfonamides is 1. The molecule has 0 spiro atoms. The number of rotatable bonds is 7. The molecule has 0 heterocycles. The van der Waals surface area contributed by atoms with E-state index in [0.29, 0.717) is 0 Å². The zero-order chi connectivity index (χ0) is 16.0. The van der Waals surface area contributed by atoms with Gasteiger partial charge in [0.1, 0.15) is 0 Å². The van der Waals surface area contributed by atoms with Gasteiger partial charge in [-0.15, -0.1) is 0 Å². The van der Waals surface area contributed by atoms with Gasteiger partial charge in [-0.25, -0.2) is 13.1 Å². The van der Waals surface area contributed by atoms with E-state index in [1.54, 1.807) is 30.3 Å². The summed E-state index contributed by atoms with van der Waals surface area (Å²) in [7, 11) is -3.45. The lowest BCUT2D eigenvalue weighted by molar-refractivity contribution is 0.581. The number of hydrogen-bond donors (Lipinski definition) is 1. The van der Waals surface area contributed by atoms with Gasteiger partial charge in [-0.2, -0.15) is 0 Å². The summed E-state index contributed by atoms with van der Waals surface area (Å²) in [6, 6.07) is 16.4. The minimum absolute atomic E-state index is 0.287. The van der Waals surface area contributed by atoms with Crippen LogP contribution in [0.4, 0.5) is 5.69 Å². The molecule has 5 heteroatoms. The van der Waals surface area contributed by atoms with Gasteiger partial charge in [0.15, 0.2) is 0 Å². The van der Waals surface area contributed by atoms with Crippen LogP contribution in [0.2, 0.25) is 0 Å². The lowest BCUT2D eigenvalue weighted by Gasteiger charge is -2.21. The predicted molar refractivity (Wildman–Crippen MR) is 90.5 cm³/mol. The molecule has 0 atom stereocenters. The second kappa shape index (κ2) is 7.42. The lowest BCUT2D eigenvalue weighted by Crippen LogP contribution is -2.23. The first-order valence-electron chi connectivity index (χ1n) is 7.45. The topological polar surface area (TPSA) is 49.4 Å². The van der Waals surface area contributed by atoms with Crippen molar-refractivity contribution in [2.75, 3.05) is 18.0 Å². The van der Waals surface area contributed by atoms with Gasteiger partial charge >= 0.3 is 0 Å². The summed E-state index contributed by atoms with van der Waals surface area (Å²) < 4.78 is 26.9. The standard InChI is InChI=1S/C17H22N2O2S/c1-3-19(4-2)16-12-10-15(11-13-16)14-18-22(20,21)17-8-6-5-7-9-17/h5-13,18H,3-4,14H2,1-2H3. The van der Waals surface area contributed by atoms with E-state index < -0.39 is 10.0 Å². The maximum atomic E-state index is 12.2. The molecule has 0 aromatic heterocycles. The average molecular weight is 318 g/mol. The van der Waals surface area contributed by atoms with Crippen LogP contribution in [0.5, 0.6) is 0 Å². The molecule has 0 aliphatic heterocycles. The fourth-order valence-corrected chi connectivity index (χ4v) is 3.31. The van der Waals surface area contributed by atoms with E-state index in [1.165, 1.54) is 0 Å².